The van der Waals surface area contributed by atoms with E-state index in [0.717, 1.165) is 0 Å². The second-order valence-corrected chi connectivity index (χ2v) is 45.6. The van der Waals surface area contributed by atoms with Gasteiger partial charge in [-0.05, 0) is 109 Å². The summed E-state index contributed by atoms with van der Waals surface area (Å²) in [5.41, 5.74) is 0. The average molecular weight is 2420 g/mol. The van der Waals surface area contributed by atoms with Crippen LogP contribution in [0, 0.1) is 71.0 Å². The lowest BCUT2D eigenvalue weighted by molar-refractivity contribution is -0.305. The van der Waals surface area contributed by atoms with Crippen LogP contribution in [0.2, 0.25) is 0 Å². The number of carbonyl (C=O) groups excluding carboxylic acids is 4. The molecule has 11 heterocycles. The number of alkyl halides is 1. The zero-order valence-electron chi connectivity index (χ0n) is 73.6. The first-order valence-corrected chi connectivity index (χ1v) is 69.9. The molecule has 0 bridgehead atoms. The zero-order valence-corrected chi connectivity index (χ0v) is 93.0. The molecule has 11 aliphatic rings. The van der Waals surface area contributed by atoms with Gasteiger partial charge in [0.1, 0.15) is 66.1 Å². The van der Waals surface area contributed by atoms with Crippen molar-refractivity contribution >= 4 is 203 Å². The number of rotatable bonds is 14. The molecule has 11 saturated heterocycles. The molecule has 0 amide bonds. The molecule has 0 aliphatic carbocycles. The molecule has 34 nitrogen and oxygen atoms in total. The monoisotopic (exact) mass is 2410 g/mol. The van der Waals surface area contributed by atoms with Crippen molar-refractivity contribution in [1.29, 1.82) is 0 Å². The van der Waals surface area contributed by atoms with Crippen LogP contribution >= 0.6 is 117 Å². The lowest BCUT2D eigenvalue weighted by Crippen LogP contribution is -2.56. The summed E-state index contributed by atoms with van der Waals surface area (Å²) in [6.07, 6.45) is -12.6. The van der Waals surface area contributed by atoms with E-state index < -0.39 is 171 Å². The van der Waals surface area contributed by atoms with E-state index in [-0.39, 0.29) is 127 Å². The zero-order chi connectivity index (χ0) is 90.7. The minimum Gasteiger partial charge on any atom is -0.471 e. The molecular weight excluding hydrogens is 2280 g/mol. The number of halogens is 6. The fourth-order valence-corrected chi connectivity index (χ4v) is 24.7. The molecule has 0 aromatic rings. The van der Waals surface area contributed by atoms with Crippen LogP contribution in [-0.4, -0.2) is 310 Å². The Morgan fingerprint density at radius 1 is 0.294 bits per heavy atom. The Morgan fingerprint density at radius 2 is 0.588 bits per heavy atom. The van der Waals surface area contributed by atoms with Gasteiger partial charge in [0, 0.05) is 66.2 Å². The van der Waals surface area contributed by atoms with Crippen LogP contribution in [0.4, 0.5) is 0 Å². The van der Waals surface area contributed by atoms with E-state index in [0.29, 0.717) is 47.3 Å². The van der Waals surface area contributed by atoms with E-state index in [4.69, 9.17) is 120 Å². The summed E-state index contributed by atoms with van der Waals surface area (Å²) in [7, 11) is 0. The Balaban J connectivity index is 0.000000287. The average Bonchev–Trinajstić information content (AvgIpc) is 1.63. The molecule has 7 N–H and O–H groups in total. The quantitative estimate of drug-likeness (QED) is 0.0296. The van der Waals surface area contributed by atoms with Gasteiger partial charge in [0.15, 0.2) is 49.9 Å². The highest BCUT2D eigenvalue weighted by Gasteiger charge is 2.57. The van der Waals surface area contributed by atoms with Gasteiger partial charge in [-0.1, -0.05) is 99.0 Å². The molecule has 0 saturated carbocycles. The molecule has 690 valence electrons. The summed E-state index contributed by atoms with van der Waals surface area (Å²) in [4.78, 5) is 44.0. The van der Waals surface area contributed by atoms with E-state index in [1.54, 1.807) is 13.8 Å². The number of fused-ring (bicyclic) bond motifs is 3. The van der Waals surface area contributed by atoms with Gasteiger partial charge in [0.2, 0.25) is 6.29 Å². The topological polar surface area (TPSA) is 422 Å². The maximum Gasteiger partial charge on any atom is 0.529 e. The van der Waals surface area contributed by atoms with Gasteiger partial charge in [-0.25, -0.2) is 0 Å². The summed E-state index contributed by atoms with van der Waals surface area (Å²) in [5, 5.41) is 65.1. The number of hydrogen-bond donors (Lipinski definition) is 7. The smallest absolute Gasteiger partial charge is 0.471 e. The van der Waals surface area contributed by atoms with Crippen LogP contribution < -0.4 is 0 Å². The summed E-state index contributed by atoms with van der Waals surface area (Å²) >= 11 is 11.5. The van der Waals surface area contributed by atoms with E-state index in [1.165, 1.54) is 34.6 Å². The highest BCUT2D eigenvalue weighted by Crippen LogP contribution is 2.45. The molecule has 11 rings (SSSR count). The van der Waals surface area contributed by atoms with Gasteiger partial charge in [-0.3, -0.25) is 33.4 Å². The van der Waals surface area contributed by atoms with Gasteiger partial charge in [-0.2, -0.15) is 101 Å². The maximum absolute atomic E-state index is 11.1. The molecule has 0 radical (unpaired) electrons. The fraction of sp³-hybridized carbons (Fsp3) is 0.946. The number of esters is 4. The predicted molar refractivity (Wildman–Crippen MR) is 485 cm³/mol. The molecule has 43 atom stereocenters. The van der Waals surface area contributed by atoms with Gasteiger partial charge in [-0.15, -0.1) is 0 Å². The van der Waals surface area contributed by atoms with Gasteiger partial charge in [0.25, 0.3) is 17.9 Å². The molecular formula is C74H133Al5BrI5O34. The third-order valence-corrected chi connectivity index (χ3v) is 33.0. The largest absolute Gasteiger partial charge is 0.529 e. The Labute approximate surface area is 799 Å². The van der Waals surface area contributed by atoms with E-state index in [1.807, 2.05) is 55.4 Å². The van der Waals surface area contributed by atoms with Crippen molar-refractivity contribution in [2.24, 2.45) is 71.0 Å². The molecule has 0 aromatic carbocycles. The highest BCUT2D eigenvalue weighted by molar-refractivity contribution is 14.1. The van der Waals surface area contributed by atoms with E-state index >= 15 is 0 Å². The van der Waals surface area contributed by atoms with Crippen molar-refractivity contribution in [1.82, 2.24) is 0 Å². The molecule has 11 aliphatic heterocycles. The first-order valence-electron chi connectivity index (χ1n) is 40.6. The first kappa shape index (κ1) is 115. The normalized spacial score (nSPS) is 46.8. The van der Waals surface area contributed by atoms with E-state index in [9.17, 15) is 34.5 Å². The Morgan fingerprint density at radius 3 is 0.983 bits per heavy atom. The number of carbonyl (C=O) groups is 4. The van der Waals surface area contributed by atoms with Crippen LogP contribution in [0.5, 0.6) is 0 Å². The van der Waals surface area contributed by atoms with Crippen molar-refractivity contribution in [3.63, 3.8) is 0 Å². The summed E-state index contributed by atoms with van der Waals surface area (Å²) < 4.78 is 127. The number of ether oxygens (including phenoxy) is 18. The highest BCUT2D eigenvalue weighted by atomic mass is 127. The number of hydrogen-bond acceptors (Lipinski definition) is 34. The third-order valence-electron chi connectivity index (χ3n) is 24.5. The molecule has 119 heavy (non-hydrogen) atoms. The van der Waals surface area contributed by atoms with Crippen LogP contribution in [0.15, 0.2) is 0 Å². The van der Waals surface area contributed by atoms with Crippen LogP contribution in [0.3, 0.4) is 0 Å². The SMILES string of the molecule is CC(=O)OC1OC(C)[C@H](C)[C@H](C)C1OC(C)=O.CC(=O)OC1[C@H](Br)OC(C)[C@H](C)[C@@H]1C.CC(=O)OC1[C@H]([O][AlH][I])OC(C)[C@H](C)[C@@H]1C.CC1OC(O)C(O)[C@@H](O)[C@H]1O.CC1O[C@@H]([O][AlH][I])C(O)[C@@H](C)[C@H]1C.CC1O[C@@H]2OC(C)([O][AlH][I])OC2[C@@H](C)[C@H]1C.CC1O[C@@H]2OC(C)([O][AlH][I])OC2[C@@H](C)[C@H]1C.CC1O[C@@H]2OC(C)([O][AlH][I])OC2[C@@H](O)[C@H]1O. The molecule has 0 spiro atoms. The molecule has 11 fully saturated rings. The second kappa shape index (κ2) is 53.7. The summed E-state index contributed by atoms with van der Waals surface area (Å²) in [5.74, 6) is -0.217. The van der Waals surface area contributed by atoms with Gasteiger partial charge in [0.05, 0.1) is 48.8 Å². The van der Waals surface area contributed by atoms with Crippen LogP contribution in [0.1, 0.15) is 187 Å². The minimum atomic E-state index is -1.43. The van der Waals surface area contributed by atoms with Crippen molar-refractivity contribution in [2.45, 2.75) is 376 Å². The number of aliphatic hydroxyl groups is 7. The Kier molecular flexibility index (Phi) is 51.8. The fourth-order valence-electron chi connectivity index (χ4n) is 14.8. The predicted octanol–water partition coefficient (Wildman–Crippen LogP) is 7.25. The van der Waals surface area contributed by atoms with Gasteiger partial charge >= 0.3 is 85.2 Å². The number of aliphatic hydroxyl groups excluding tert-OH is 7. The minimum absolute atomic E-state index is 0.00634. The van der Waals surface area contributed by atoms with Crippen molar-refractivity contribution < 1.29 is 159 Å². The van der Waals surface area contributed by atoms with Crippen molar-refractivity contribution in [3.8, 4) is 0 Å². The molecule has 21 unspecified atom stereocenters. The Bertz CT molecular complexity index is 2890. The van der Waals surface area contributed by atoms with Crippen molar-refractivity contribution in [2.75, 3.05) is 0 Å². The lowest BCUT2D eigenvalue weighted by atomic mass is 9.84. The molecule has 0 aromatic heterocycles. The van der Waals surface area contributed by atoms with Crippen LogP contribution in [-0.2, 0) is 123 Å². The van der Waals surface area contributed by atoms with Crippen molar-refractivity contribution in [3.05, 3.63) is 0 Å². The molecule has 45 heteroatoms. The lowest BCUT2D eigenvalue weighted by Gasteiger charge is -2.43. The third kappa shape index (κ3) is 33.6. The summed E-state index contributed by atoms with van der Waals surface area (Å²) in [6, 6.07) is 0. The van der Waals surface area contributed by atoms with Crippen LogP contribution in [0.25, 0.3) is 0 Å². The van der Waals surface area contributed by atoms with Gasteiger partial charge < -0.3 is 126 Å². The maximum atomic E-state index is 11.1. The standard InChI is InChI=1S/C12H20O5.C10H17BrO3.3C10H17O4.C8H13O6.C8H15O3.C6H12O5.5Al.5HI.5H/c1-6-7(2)11(16-9(4)13)12(15-8(6)3)17-10(5)14;1-5-6(2)9(14-8(4)12)10(11)13-7(5)3;2*1-5-6(2)8-9(12-7(5)3)14-10(4,11)13-8;1-5-6(2)9(14-8(4)11)10(12)13-7(5)3;1-3-4(9)5(10)6-7(12-3)14-8(2,11)13-6;1-4-5(2)7(9)8(10)11-6(4)3;1-2-3(7)4(8)5(9)6(10)11-2;;;;;;;;;;;;;;;/h6-8,11-12H,1-5H3;5-7,9-10H,1-4H3;2*5-9H,1-4H3;5-7,9-10H,1-4H3;3-7,9-10H,1-2H3;4-9H,1-3H3;2-10H,1H3;;;;;;5*1H;;;;;/q;;5*-1;;5*+2;;;;;;;;;;/p-5/t6-,7+,8?,11?,12?;5-,6+,7?,9?,10-;2*5-,6+,7?,8?,9-,10?;5-,6+,7?,9?,10-;3?,4-,5-,6?,7+,8?;4-,5+,6?,7?,8-;2?,3-,4-,5?,6?;;;;;;;;;;;;;;;/m11111010.............../s1. The van der Waals surface area contributed by atoms with E-state index in [2.05, 4.69) is 205 Å². The first-order chi connectivity index (χ1) is 55.2. The summed E-state index contributed by atoms with van der Waals surface area (Å²) in [6.45, 7) is 51.5. The Hall–Kier alpha value is 3.63. The second-order valence-electron chi connectivity index (χ2n) is 32.8.